The number of aromatic nitrogens is 1. The molecular formula is C23H29ClN4O3. The molecule has 0 unspecified atom stereocenters. The SMILES string of the molecule is O=C(O)CN[C@H]1CCN(c2ccc3c(C(=O)NCC4CCCCC4)c(Cl)ccc3n2)C1. The molecule has 1 aromatic carbocycles. The van der Waals surface area contributed by atoms with E-state index in [0.29, 0.717) is 29.6 Å². The van der Waals surface area contributed by atoms with Crippen molar-refractivity contribution in [2.24, 2.45) is 5.92 Å². The molecular weight excluding hydrogens is 416 g/mol. The molecule has 0 spiro atoms. The molecule has 7 nitrogen and oxygen atoms in total. The highest BCUT2D eigenvalue weighted by atomic mass is 35.5. The molecule has 1 saturated carbocycles. The predicted octanol–water partition coefficient (Wildman–Crippen LogP) is 3.45. The van der Waals surface area contributed by atoms with Crippen molar-refractivity contribution in [2.75, 3.05) is 31.1 Å². The number of benzene rings is 1. The van der Waals surface area contributed by atoms with Crippen LogP contribution in [0.3, 0.4) is 0 Å². The molecule has 3 N–H and O–H groups in total. The summed E-state index contributed by atoms with van der Waals surface area (Å²) < 4.78 is 0. The van der Waals surface area contributed by atoms with Crippen LogP contribution in [0, 0.1) is 5.92 Å². The van der Waals surface area contributed by atoms with E-state index in [2.05, 4.69) is 15.5 Å². The molecule has 8 heteroatoms. The Morgan fingerprint density at radius 3 is 2.71 bits per heavy atom. The lowest BCUT2D eigenvalue weighted by Gasteiger charge is -2.22. The van der Waals surface area contributed by atoms with Gasteiger partial charge in [0.2, 0.25) is 0 Å². The largest absolute Gasteiger partial charge is 0.480 e. The normalized spacial score (nSPS) is 19.6. The first-order chi connectivity index (χ1) is 15.0. The zero-order valence-electron chi connectivity index (χ0n) is 17.6. The number of carbonyl (C=O) groups is 2. The van der Waals surface area contributed by atoms with Gasteiger partial charge in [0.1, 0.15) is 5.82 Å². The minimum Gasteiger partial charge on any atom is -0.480 e. The summed E-state index contributed by atoms with van der Waals surface area (Å²) >= 11 is 6.41. The minimum absolute atomic E-state index is 0.0402. The van der Waals surface area contributed by atoms with E-state index in [1.54, 1.807) is 6.07 Å². The Morgan fingerprint density at radius 1 is 1.13 bits per heavy atom. The summed E-state index contributed by atoms with van der Waals surface area (Å²) in [6.45, 7) is 2.16. The maximum atomic E-state index is 12.9. The molecule has 2 aliphatic rings. The number of amides is 1. The van der Waals surface area contributed by atoms with Crippen molar-refractivity contribution in [2.45, 2.75) is 44.6 Å². The highest BCUT2D eigenvalue weighted by Gasteiger charge is 2.24. The third kappa shape index (κ3) is 5.28. The average Bonchev–Trinajstić information content (AvgIpc) is 3.25. The van der Waals surface area contributed by atoms with Crippen LogP contribution in [0.15, 0.2) is 24.3 Å². The molecule has 1 saturated heterocycles. The number of fused-ring (bicyclic) bond motifs is 1. The van der Waals surface area contributed by atoms with Gasteiger partial charge < -0.3 is 20.6 Å². The molecule has 2 aromatic rings. The van der Waals surface area contributed by atoms with Gasteiger partial charge in [-0.1, -0.05) is 30.9 Å². The van der Waals surface area contributed by atoms with E-state index in [4.69, 9.17) is 21.7 Å². The minimum atomic E-state index is -0.853. The molecule has 1 atom stereocenters. The van der Waals surface area contributed by atoms with Crippen molar-refractivity contribution in [1.29, 1.82) is 0 Å². The van der Waals surface area contributed by atoms with Crippen molar-refractivity contribution in [3.8, 4) is 0 Å². The molecule has 0 bridgehead atoms. The van der Waals surface area contributed by atoms with Crippen LogP contribution < -0.4 is 15.5 Å². The third-order valence-corrected chi connectivity index (χ3v) is 6.68. The van der Waals surface area contributed by atoms with Gasteiger partial charge in [-0.25, -0.2) is 4.98 Å². The topological polar surface area (TPSA) is 94.6 Å². The van der Waals surface area contributed by atoms with Gasteiger partial charge >= 0.3 is 5.97 Å². The number of anilines is 1. The number of carboxylic acids is 1. The van der Waals surface area contributed by atoms with Crippen molar-refractivity contribution in [3.05, 3.63) is 34.9 Å². The Hall–Kier alpha value is -2.38. The number of pyridine rings is 1. The molecule has 1 amide bonds. The van der Waals surface area contributed by atoms with Crippen molar-refractivity contribution in [1.82, 2.24) is 15.6 Å². The Balaban J connectivity index is 1.47. The van der Waals surface area contributed by atoms with Gasteiger partial charge in [-0.3, -0.25) is 9.59 Å². The fraction of sp³-hybridized carbons (Fsp3) is 0.522. The van der Waals surface area contributed by atoms with E-state index >= 15 is 0 Å². The second kappa shape index (κ2) is 9.83. The summed E-state index contributed by atoms with van der Waals surface area (Å²) in [5.41, 5.74) is 1.21. The highest BCUT2D eigenvalue weighted by molar-refractivity contribution is 6.35. The smallest absolute Gasteiger partial charge is 0.317 e. The summed E-state index contributed by atoms with van der Waals surface area (Å²) in [6.07, 6.45) is 6.99. The van der Waals surface area contributed by atoms with E-state index < -0.39 is 5.97 Å². The van der Waals surface area contributed by atoms with Crippen molar-refractivity contribution < 1.29 is 14.7 Å². The summed E-state index contributed by atoms with van der Waals surface area (Å²) in [5, 5.41) is 16.2. The first-order valence-electron chi connectivity index (χ1n) is 11.1. The van der Waals surface area contributed by atoms with Crippen LogP contribution in [0.1, 0.15) is 48.9 Å². The lowest BCUT2D eigenvalue weighted by Crippen LogP contribution is -2.36. The fourth-order valence-corrected chi connectivity index (χ4v) is 4.91. The zero-order valence-corrected chi connectivity index (χ0v) is 18.3. The van der Waals surface area contributed by atoms with Gasteiger partial charge in [0.25, 0.3) is 5.91 Å². The fourth-order valence-electron chi connectivity index (χ4n) is 4.66. The molecule has 1 aromatic heterocycles. The van der Waals surface area contributed by atoms with Crippen LogP contribution in [0.4, 0.5) is 5.82 Å². The van der Waals surface area contributed by atoms with Crippen LogP contribution in [-0.2, 0) is 4.79 Å². The summed E-state index contributed by atoms with van der Waals surface area (Å²) in [5.74, 6) is 0.375. The number of nitrogens with zero attached hydrogens (tertiary/aromatic N) is 2. The van der Waals surface area contributed by atoms with Gasteiger partial charge in [-0.15, -0.1) is 0 Å². The van der Waals surface area contributed by atoms with Crippen LogP contribution >= 0.6 is 11.6 Å². The number of nitrogens with one attached hydrogen (secondary N) is 2. The van der Waals surface area contributed by atoms with Crippen LogP contribution in [-0.4, -0.2) is 54.2 Å². The molecule has 1 aliphatic heterocycles. The van der Waals surface area contributed by atoms with E-state index in [0.717, 1.165) is 29.7 Å². The molecule has 31 heavy (non-hydrogen) atoms. The molecule has 1 aliphatic carbocycles. The first kappa shape index (κ1) is 21.8. The average molecular weight is 445 g/mol. The van der Waals surface area contributed by atoms with E-state index in [1.165, 1.54) is 32.1 Å². The third-order valence-electron chi connectivity index (χ3n) is 6.36. The molecule has 166 valence electrons. The van der Waals surface area contributed by atoms with Gasteiger partial charge in [-0.2, -0.15) is 0 Å². The van der Waals surface area contributed by atoms with Crippen LogP contribution in [0.2, 0.25) is 5.02 Å². The predicted molar refractivity (Wildman–Crippen MR) is 122 cm³/mol. The first-order valence-corrected chi connectivity index (χ1v) is 11.5. The number of carboxylic acid groups (broad SMARTS) is 1. The highest BCUT2D eigenvalue weighted by Crippen LogP contribution is 2.29. The van der Waals surface area contributed by atoms with E-state index in [-0.39, 0.29) is 18.5 Å². The maximum absolute atomic E-state index is 12.9. The van der Waals surface area contributed by atoms with Gasteiger partial charge in [0.15, 0.2) is 0 Å². The summed E-state index contributed by atoms with van der Waals surface area (Å²) in [7, 11) is 0. The maximum Gasteiger partial charge on any atom is 0.317 e. The molecule has 2 fully saturated rings. The van der Waals surface area contributed by atoms with Gasteiger partial charge in [0, 0.05) is 31.1 Å². The monoisotopic (exact) mass is 444 g/mol. The number of hydrogen-bond acceptors (Lipinski definition) is 5. The quantitative estimate of drug-likeness (QED) is 0.605. The number of halogens is 1. The van der Waals surface area contributed by atoms with E-state index in [1.807, 2.05) is 18.2 Å². The molecule has 4 rings (SSSR count). The van der Waals surface area contributed by atoms with Crippen LogP contribution in [0.25, 0.3) is 10.9 Å². The summed E-state index contributed by atoms with van der Waals surface area (Å²) in [4.78, 5) is 30.6. The van der Waals surface area contributed by atoms with Crippen molar-refractivity contribution >= 4 is 40.2 Å². The Kier molecular flexibility index (Phi) is 6.92. The zero-order chi connectivity index (χ0) is 21.8. The number of hydrogen-bond donors (Lipinski definition) is 3. The lowest BCUT2D eigenvalue weighted by atomic mass is 9.89. The Bertz CT molecular complexity index is 961. The van der Waals surface area contributed by atoms with Gasteiger partial charge in [-0.05, 0) is 49.4 Å². The van der Waals surface area contributed by atoms with Crippen LogP contribution in [0.5, 0.6) is 0 Å². The van der Waals surface area contributed by atoms with Crippen molar-refractivity contribution in [3.63, 3.8) is 0 Å². The van der Waals surface area contributed by atoms with E-state index in [9.17, 15) is 9.59 Å². The molecule has 2 heterocycles. The number of rotatable bonds is 7. The second-order valence-corrected chi connectivity index (χ2v) is 8.99. The number of carbonyl (C=O) groups excluding carboxylic acids is 1. The lowest BCUT2D eigenvalue weighted by molar-refractivity contribution is -0.136. The summed E-state index contributed by atoms with van der Waals surface area (Å²) in [6, 6.07) is 7.53. The van der Waals surface area contributed by atoms with Gasteiger partial charge in [0.05, 0.1) is 22.6 Å². The second-order valence-electron chi connectivity index (χ2n) is 8.58. The standard InChI is InChI=1S/C23H29ClN4O3/c24-18-7-8-19-17(22(18)23(31)26-12-15-4-2-1-3-5-15)6-9-20(27-19)28-11-10-16(14-28)25-13-21(29)30/h6-9,15-16,25H,1-5,10-14H2,(H,26,31)(H,29,30)/t16-/m0/s1. The number of aliphatic carboxylic acids is 1. The Labute approximate surface area is 187 Å². The molecule has 0 radical (unpaired) electrons. The Morgan fingerprint density at radius 2 is 1.94 bits per heavy atom.